The summed E-state index contributed by atoms with van der Waals surface area (Å²) in [5.74, 6) is -0.879. The van der Waals surface area contributed by atoms with Crippen LogP contribution in [0.25, 0.3) is 0 Å². The summed E-state index contributed by atoms with van der Waals surface area (Å²) in [4.78, 5) is 28.0. The first-order valence-corrected chi connectivity index (χ1v) is 4.51. The van der Waals surface area contributed by atoms with Gasteiger partial charge in [-0.15, -0.1) is 0 Å². The van der Waals surface area contributed by atoms with Gasteiger partial charge in [0.2, 0.25) is 0 Å². The van der Waals surface area contributed by atoms with Crippen molar-refractivity contribution in [1.29, 1.82) is 0 Å². The molecule has 0 spiro atoms. The molecular formula is C11H14O6Zn. The molecule has 0 saturated carbocycles. The first-order valence-electron chi connectivity index (χ1n) is 4.51. The maximum absolute atomic E-state index is 10.2. The van der Waals surface area contributed by atoms with Crippen LogP contribution in [0.15, 0.2) is 30.3 Å². The number of carboxylic acid groups (broad SMARTS) is 1. The third kappa shape index (κ3) is 17.0. The van der Waals surface area contributed by atoms with Gasteiger partial charge in [-0.2, -0.15) is 0 Å². The zero-order chi connectivity index (χ0) is 13.5. The van der Waals surface area contributed by atoms with Crippen molar-refractivity contribution in [3.05, 3.63) is 35.9 Å². The van der Waals surface area contributed by atoms with Gasteiger partial charge in [0.15, 0.2) is 0 Å². The molecule has 0 aliphatic rings. The van der Waals surface area contributed by atoms with Crippen LogP contribution in [0.5, 0.6) is 0 Å². The van der Waals surface area contributed by atoms with Crippen LogP contribution in [0.2, 0.25) is 0 Å². The molecule has 0 unspecified atom stereocenters. The molecule has 0 amide bonds. The summed E-state index contributed by atoms with van der Waals surface area (Å²) in [6.45, 7) is -0.722. The van der Waals surface area contributed by atoms with E-state index in [1.54, 1.807) is 30.3 Å². The molecule has 0 aliphatic heterocycles. The van der Waals surface area contributed by atoms with E-state index in [0.717, 1.165) is 0 Å². The normalized spacial score (nSPS) is 7.22. The molecule has 0 heterocycles. The van der Waals surface area contributed by atoms with Crippen LogP contribution >= 0.6 is 0 Å². The zero-order valence-corrected chi connectivity index (χ0v) is 12.7. The van der Waals surface area contributed by atoms with E-state index in [1.807, 2.05) is 0 Å². The van der Waals surface area contributed by atoms with Crippen LogP contribution < -0.4 is 0 Å². The van der Waals surface area contributed by atoms with Crippen molar-refractivity contribution >= 4 is 18.5 Å². The van der Waals surface area contributed by atoms with E-state index in [1.165, 1.54) is 0 Å². The van der Waals surface area contributed by atoms with Gasteiger partial charge in [0.05, 0.1) is 18.8 Å². The number of rotatable bonds is 3. The summed E-state index contributed by atoms with van der Waals surface area (Å²) in [5.41, 5.74) is 0.331. The van der Waals surface area contributed by atoms with Gasteiger partial charge in [-0.3, -0.25) is 0 Å². The number of hydrogen-bond acceptors (Lipinski definition) is 5. The smallest absolute Gasteiger partial charge is 0.335 e. The van der Waals surface area contributed by atoms with E-state index in [4.69, 9.17) is 24.9 Å². The van der Waals surface area contributed by atoms with Crippen molar-refractivity contribution in [1.82, 2.24) is 0 Å². The molecule has 0 aliphatic carbocycles. The standard InChI is InChI=1S/C7H6O2.2C2H4O2.Zn/c8-7(9)6-4-2-1-3-5-6;2*3-1-2-4;/h1-5H,(H,8,9);2*1,4H,2H2;. The Morgan fingerprint density at radius 1 is 1.00 bits per heavy atom. The minimum atomic E-state index is -0.879. The summed E-state index contributed by atoms with van der Waals surface area (Å²) >= 11 is 0. The van der Waals surface area contributed by atoms with Gasteiger partial charge in [0, 0.05) is 19.5 Å². The van der Waals surface area contributed by atoms with E-state index in [-0.39, 0.29) is 32.7 Å². The Bertz CT molecular complexity index is 307. The molecule has 18 heavy (non-hydrogen) atoms. The Balaban J connectivity index is -0.000000214. The monoisotopic (exact) mass is 306 g/mol. The number of carboxylic acids is 1. The summed E-state index contributed by atoms with van der Waals surface area (Å²) in [7, 11) is 0. The van der Waals surface area contributed by atoms with E-state index >= 15 is 0 Å². The van der Waals surface area contributed by atoms with E-state index in [9.17, 15) is 4.79 Å². The second-order valence-corrected chi connectivity index (χ2v) is 2.37. The molecule has 1 aromatic carbocycles. The minimum Gasteiger partial charge on any atom is -0.478 e. The van der Waals surface area contributed by atoms with Crippen molar-refractivity contribution in [3.8, 4) is 0 Å². The number of hydrogen-bond donors (Lipinski definition) is 3. The predicted molar refractivity (Wildman–Crippen MR) is 59.7 cm³/mol. The van der Waals surface area contributed by atoms with Crippen LogP contribution in [0.3, 0.4) is 0 Å². The molecule has 6 nitrogen and oxygen atoms in total. The largest absolute Gasteiger partial charge is 0.478 e. The van der Waals surface area contributed by atoms with E-state index in [2.05, 4.69) is 0 Å². The topological polar surface area (TPSA) is 112 Å². The number of carbonyl (C=O) groups excluding carboxylic acids is 2. The minimum absolute atomic E-state index is 0. The average molecular weight is 308 g/mol. The van der Waals surface area contributed by atoms with Crippen LogP contribution in [0.1, 0.15) is 10.4 Å². The van der Waals surface area contributed by atoms with Gasteiger partial charge in [0.25, 0.3) is 0 Å². The molecule has 1 rings (SSSR count). The Labute approximate surface area is 117 Å². The molecule has 7 heteroatoms. The molecule has 0 radical (unpaired) electrons. The molecule has 0 bridgehead atoms. The summed E-state index contributed by atoms with van der Waals surface area (Å²) in [6.07, 6.45) is 0.861. The quantitative estimate of drug-likeness (QED) is 0.524. The van der Waals surface area contributed by atoms with Gasteiger partial charge >= 0.3 is 5.97 Å². The number of aromatic carboxylic acids is 1. The molecular weight excluding hydrogens is 294 g/mol. The SMILES string of the molecule is O=C(O)c1ccccc1.O=CCO.O=CCO.[Zn]. The predicted octanol–water partition coefficient (Wildman–Crippen LogP) is -0.262. The fraction of sp³-hybridized carbons (Fsp3) is 0.182. The molecule has 1 aromatic rings. The van der Waals surface area contributed by atoms with Gasteiger partial charge in [-0.25, -0.2) is 4.79 Å². The molecule has 0 saturated heterocycles. The summed E-state index contributed by atoms with van der Waals surface area (Å²) in [6, 6.07) is 8.30. The van der Waals surface area contributed by atoms with Crippen LogP contribution in [0.4, 0.5) is 0 Å². The van der Waals surface area contributed by atoms with Gasteiger partial charge < -0.3 is 24.9 Å². The Hall–Kier alpha value is -1.43. The van der Waals surface area contributed by atoms with Crippen molar-refractivity contribution in [2.24, 2.45) is 0 Å². The Morgan fingerprint density at radius 3 is 1.50 bits per heavy atom. The van der Waals surface area contributed by atoms with Crippen molar-refractivity contribution in [3.63, 3.8) is 0 Å². The fourth-order valence-electron chi connectivity index (χ4n) is 0.581. The maximum Gasteiger partial charge on any atom is 0.335 e. The fourth-order valence-corrected chi connectivity index (χ4v) is 0.581. The number of carbonyl (C=O) groups is 3. The van der Waals surface area contributed by atoms with Crippen molar-refractivity contribution in [2.75, 3.05) is 13.2 Å². The Kier molecular flexibility index (Phi) is 21.8. The second-order valence-electron chi connectivity index (χ2n) is 2.37. The second kappa shape index (κ2) is 18.0. The number of aliphatic hydroxyl groups is 2. The summed E-state index contributed by atoms with van der Waals surface area (Å²) < 4.78 is 0. The van der Waals surface area contributed by atoms with E-state index < -0.39 is 5.97 Å². The maximum atomic E-state index is 10.2. The molecule has 0 fully saturated rings. The zero-order valence-electron chi connectivity index (χ0n) is 9.73. The number of aliphatic hydroxyl groups excluding tert-OH is 2. The van der Waals surface area contributed by atoms with Gasteiger partial charge in [-0.05, 0) is 12.1 Å². The van der Waals surface area contributed by atoms with Crippen molar-refractivity contribution < 1.29 is 49.2 Å². The van der Waals surface area contributed by atoms with Crippen LogP contribution in [-0.2, 0) is 29.1 Å². The van der Waals surface area contributed by atoms with Crippen molar-refractivity contribution in [2.45, 2.75) is 0 Å². The van der Waals surface area contributed by atoms with Crippen LogP contribution in [0, 0.1) is 0 Å². The summed E-state index contributed by atoms with van der Waals surface area (Å²) in [5, 5.41) is 23.4. The number of benzene rings is 1. The molecule has 96 valence electrons. The molecule has 0 aromatic heterocycles. The number of aldehydes is 2. The van der Waals surface area contributed by atoms with Crippen LogP contribution in [-0.4, -0.2) is 47.1 Å². The molecule has 3 N–H and O–H groups in total. The Morgan fingerprint density at radius 2 is 1.33 bits per heavy atom. The van der Waals surface area contributed by atoms with Gasteiger partial charge in [-0.1, -0.05) is 18.2 Å². The molecule has 0 atom stereocenters. The first-order chi connectivity index (χ1) is 8.13. The first kappa shape index (κ1) is 21.8. The third-order valence-corrected chi connectivity index (χ3v) is 1.17. The third-order valence-electron chi connectivity index (χ3n) is 1.17. The average Bonchev–Trinajstić information content (AvgIpc) is 2.40. The van der Waals surface area contributed by atoms with Gasteiger partial charge in [0.1, 0.15) is 12.6 Å². The van der Waals surface area contributed by atoms with E-state index in [0.29, 0.717) is 18.1 Å².